The molecule has 0 aromatic heterocycles. The quantitative estimate of drug-likeness (QED) is 0.683. The number of nitrogens with one attached hydrogen (secondary N) is 2. The summed E-state index contributed by atoms with van der Waals surface area (Å²) >= 11 is 5.70. The van der Waals surface area contributed by atoms with Crippen molar-refractivity contribution in [2.45, 2.75) is 25.6 Å². The van der Waals surface area contributed by atoms with E-state index in [2.05, 4.69) is 9.46 Å². The summed E-state index contributed by atoms with van der Waals surface area (Å²) in [6.07, 6.45) is -0.378. The number of alkyl halides is 1. The number of carbonyl (C=O) groups excluding carboxylic acids is 1. The summed E-state index contributed by atoms with van der Waals surface area (Å²) in [5.41, 5.74) is 0. The maximum atomic E-state index is 11.2. The van der Waals surface area contributed by atoms with Crippen LogP contribution in [0.4, 0.5) is 4.79 Å². The van der Waals surface area contributed by atoms with Gasteiger partial charge in [0.25, 0.3) is 0 Å². The van der Waals surface area contributed by atoms with Crippen LogP contribution in [0.3, 0.4) is 0 Å². The minimum absolute atomic E-state index is 0.0623. The molecule has 0 aromatic rings. The molecule has 1 unspecified atom stereocenters. The molecule has 0 aliphatic carbocycles. The second-order valence-electron chi connectivity index (χ2n) is 2.68. The molecule has 0 aliphatic rings. The minimum Gasteiger partial charge on any atom is -0.449 e. The molecule has 1 atom stereocenters. The van der Waals surface area contributed by atoms with E-state index in [0.717, 1.165) is 0 Å². The van der Waals surface area contributed by atoms with Gasteiger partial charge in [-0.3, -0.25) is 0 Å². The third-order valence-electron chi connectivity index (χ3n) is 1.43. The number of rotatable bonds is 6. The summed E-state index contributed by atoms with van der Waals surface area (Å²) in [4.78, 5) is 10.8. The van der Waals surface area contributed by atoms with Crippen molar-refractivity contribution < 1.29 is 17.9 Å². The highest BCUT2D eigenvalue weighted by atomic mass is 35.5. The molecule has 15 heavy (non-hydrogen) atoms. The fourth-order valence-electron chi connectivity index (χ4n) is 0.651. The molecule has 0 heterocycles. The van der Waals surface area contributed by atoms with Crippen molar-refractivity contribution in [1.29, 1.82) is 0 Å². The van der Waals surface area contributed by atoms with Crippen LogP contribution in [0.25, 0.3) is 0 Å². The molecule has 90 valence electrons. The van der Waals surface area contributed by atoms with Gasteiger partial charge in [0.1, 0.15) is 0 Å². The molecule has 0 saturated heterocycles. The monoisotopic (exact) mass is 258 g/mol. The lowest BCUT2D eigenvalue weighted by atomic mass is 10.3. The van der Waals surface area contributed by atoms with E-state index in [-0.39, 0.29) is 18.5 Å². The highest BCUT2D eigenvalue weighted by Gasteiger charge is 2.15. The fraction of sp³-hybridized carbons (Fsp3) is 0.857. The Hall–Kier alpha value is -0.530. The molecule has 2 N–H and O–H groups in total. The second-order valence-corrected chi connectivity index (χ2v) is 4.80. The first-order valence-corrected chi connectivity index (χ1v) is 6.41. The number of ether oxygens (including phenoxy) is 1. The number of carbonyl (C=O) groups is 1. The first kappa shape index (κ1) is 14.5. The number of hydrogen-bond acceptors (Lipinski definition) is 4. The molecule has 0 rings (SSSR count). The first-order valence-electron chi connectivity index (χ1n) is 4.49. The molecule has 0 fully saturated rings. The standard InChI is InChI=1S/C7H15ClN2O4S/c1-3-6(8)5-9-15(12,13)10-7(11)14-4-2/h6,9H,3-5H2,1-2H3,(H,10,11). The van der Waals surface area contributed by atoms with Crippen molar-refractivity contribution in [1.82, 2.24) is 9.44 Å². The van der Waals surface area contributed by atoms with Crippen molar-refractivity contribution in [3.63, 3.8) is 0 Å². The van der Waals surface area contributed by atoms with Gasteiger partial charge in [-0.15, -0.1) is 11.6 Å². The number of hydrogen-bond donors (Lipinski definition) is 2. The molecular formula is C7H15ClN2O4S. The minimum atomic E-state index is -3.87. The van der Waals surface area contributed by atoms with E-state index >= 15 is 0 Å². The maximum Gasteiger partial charge on any atom is 0.421 e. The van der Waals surface area contributed by atoms with Crippen molar-refractivity contribution in [3.05, 3.63) is 0 Å². The normalized spacial score (nSPS) is 13.3. The maximum absolute atomic E-state index is 11.2. The van der Waals surface area contributed by atoms with E-state index in [0.29, 0.717) is 6.42 Å². The molecular weight excluding hydrogens is 244 g/mol. The van der Waals surface area contributed by atoms with E-state index < -0.39 is 16.3 Å². The average molecular weight is 259 g/mol. The lowest BCUT2D eigenvalue weighted by molar-refractivity contribution is 0.158. The van der Waals surface area contributed by atoms with Gasteiger partial charge in [-0.25, -0.2) is 9.52 Å². The summed E-state index contributed by atoms with van der Waals surface area (Å²) in [6.45, 7) is 3.57. The zero-order valence-electron chi connectivity index (χ0n) is 8.62. The summed E-state index contributed by atoms with van der Waals surface area (Å²) in [6, 6.07) is 0. The van der Waals surface area contributed by atoms with E-state index in [1.165, 1.54) is 0 Å². The van der Waals surface area contributed by atoms with Crippen LogP contribution < -0.4 is 9.44 Å². The first-order chi connectivity index (χ1) is 6.91. The van der Waals surface area contributed by atoms with Crippen molar-refractivity contribution >= 4 is 27.9 Å². The third-order valence-corrected chi connectivity index (χ3v) is 2.88. The summed E-state index contributed by atoms with van der Waals surface area (Å²) in [5.74, 6) is 0. The van der Waals surface area contributed by atoms with E-state index in [9.17, 15) is 13.2 Å². The van der Waals surface area contributed by atoms with Gasteiger partial charge in [0.2, 0.25) is 0 Å². The third kappa shape index (κ3) is 7.40. The smallest absolute Gasteiger partial charge is 0.421 e. The Kier molecular flexibility index (Phi) is 6.62. The van der Waals surface area contributed by atoms with Gasteiger partial charge >= 0.3 is 16.3 Å². The topological polar surface area (TPSA) is 84.5 Å². The molecule has 8 heteroatoms. The largest absolute Gasteiger partial charge is 0.449 e. The molecule has 0 spiro atoms. The van der Waals surface area contributed by atoms with Crippen molar-refractivity contribution in [2.75, 3.05) is 13.2 Å². The fourth-order valence-corrected chi connectivity index (χ4v) is 1.59. The van der Waals surface area contributed by atoms with Crippen LogP contribution in [-0.2, 0) is 14.9 Å². The van der Waals surface area contributed by atoms with Crippen molar-refractivity contribution in [3.8, 4) is 0 Å². The lowest BCUT2D eigenvalue weighted by Crippen LogP contribution is -2.42. The Morgan fingerprint density at radius 3 is 2.53 bits per heavy atom. The van der Waals surface area contributed by atoms with Crippen LogP contribution in [-0.4, -0.2) is 33.0 Å². The van der Waals surface area contributed by atoms with Crippen LogP contribution in [0.15, 0.2) is 0 Å². The number of halogens is 1. The van der Waals surface area contributed by atoms with Gasteiger partial charge in [0, 0.05) is 11.9 Å². The molecule has 0 bridgehead atoms. The summed E-state index contributed by atoms with van der Waals surface area (Å²) in [5, 5.41) is -0.302. The zero-order valence-corrected chi connectivity index (χ0v) is 10.2. The molecule has 0 saturated carbocycles. The van der Waals surface area contributed by atoms with Gasteiger partial charge in [0.15, 0.2) is 0 Å². The van der Waals surface area contributed by atoms with Crippen LogP contribution in [0, 0.1) is 0 Å². The Balaban J connectivity index is 4.03. The predicted molar refractivity (Wildman–Crippen MR) is 57.0 cm³/mol. The number of amides is 1. The Morgan fingerprint density at radius 1 is 1.47 bits per heavy atom. The van der Waals surface area contributed by atoms with Gasteiger partial charge in [-0.05, 0) is 13.3 Å². The zero-order chi connectivity index (χ0) is 11.9. The van der Waals surface area contributed by atoms with E-state index in [1.54, 1.807) is 11.6 Å². The molecule has 0 aliphatic heterocycles. The molecule has 1 amide bonds. The van der Waals surface area contributed by atoms with Gasteiger partial charge in [-0.2, -0.15) is 13.1 Å². The van der Waals surface area contributed by atoms with Crippen LogP contribution in [0.2, 0.25) is 0 Å². The average Bonchev–Trinajstić information content (AvgIpc) is 2.13. The van der Waals surface area contributed by atoms with Gasteiger partial charge in [0.05, 0.1) is 6.61 Å². The van der Waals surface area contributed by atoms with Crippen LogP contribution >= 0.6 is 11.6 Å². The van der Waals surface area contributed by atoms with Crippen molar-refractivity contribution in [2.24, 2.45) is 0 Å². The molecule has 0 aromatic carbocycles. The molecule has 6 nitrogen and oxygen atoms in total. The van der Waals surface area contributed by atoms with Crippen LogP contribution in [0.1, 0.15) is 20.3 Å². The predicted octanol–water partition coefficient (Wildman–Crippen LogP) is 0.584. The van der Waals surface area contributed by atoms with E-state index in [4.69, 9.17) is 11.6 Å². The van der Waals surface area contributed by atoms with Gasteiger partial charge in [-0.1, -0.05) is 6.92 Å². The van der Waals surface area contributed by atoms with E-state index in [1.807, 2.05) is 6.92 Å². The SMILES string of the molecule is CCOC(=O)NS(=O)(=O)NCC(Cl)CC. The second kappa shape index (κ2) is 6.86. The summed E-state index contributed by atoms with van der Waals surface area (Å²) < 4.78 is 30.5. The highest BCUT2D eigenvalue weighted by Crippen LogP contribution is 1.98. The van der Waals surface area contributed by atoms with Crippen LogP contribution in [0.5, 0.6) is 0 Å². The lowest BCUT2D eigenvalue weighted by Gasteiger charge is -2.10. The Bertz CT molecular complexity index is 293. The molecule has 0 radical (unpaired) electrons. The van der Waals surface area contributed by atoms with Gasteiger partial charge < -0.3 is 4.74 Å². The Labute approximate surface area is 94.5 Å². The summed E-state index contributed by atoms with van der Waals surface area (Å²) in [7, 11) is -3.87. The highest BCUT2D eigenvalue weighted by molar-refractivity contribution is 7.88. The Morgan fingerprint density at radius 2 is 2.07 bits per heavy atom.